The van der Waals surface area contributed by atoms with Gasteiger partial charge in [0.15, 0.2) is 6.29 Å². The molecule has 1 heterocycles. The van der Waals surface area contributed by atoms with Crippen molar-refractivity contribution < 1.29 is 4.79 Å². The average Bonchev–Trinajstić information content (AvgIpc) is 2.47. The fourth-order valence-corrected chi connectivity index (χ4v) is 1.97. The largest absolute Gasteiger partial charge is 0.298 e. The molecule has 20 heavy (non-hydrogen) atoms. The minimum Gasteiger partial charge on any atom is -0.298 e. The van der Waals surface area contributed by atoms with E-state index in [4.69, 9.17) is 0 Å². The number of carbonyl (C=O) groups excluding carboxylic acids is 1. The minimum absolute atomic E-state index is 0.159. The summed E-state index contributed by atoms with van der Waals surface area (Å²) >= 11 is 0. The van der Waals surface area contributed by atoms with Crippen LogP contribution < -0.4 is 5.56 Å². The topological polar surface area (TPSA) is 52.0 Å². The van der Waals surface area contributed by atoms with E-state index >= 15 is 0 Å². The summed E-state index contributed by atoms with van der Waals surface area (Å²) in [7, 11) is 0. The first-order chi connectivity index (χ1) is 9.65. The van der Waals surface area contributed by atoms with Crippen LogP contribution >= 0.6 is 0 Å². The standard InChI is InChI=1S/C16H18N2O2/c1-3-4-9-18-16(20)14(11-19)10-15(17-18)13-7-5-12(2)6-8-13/h5-8,10-11H,3-4,9H2,1-2H3. The highest BCUT2D eigenvalue weighted by atomic mass is 16.1. The smallest absolute Gasteiger partial charge is 0.277 e. The summed E-state index contributed by atoms with van der Waals surface area (Å²) in [6.07, 6.45) is 2.44. The lowest BCUT2D eigenvalue weighted by Gasteiger charge is -2.08. The van der Waals surface area contributed by atoms with E-state index in [1.165, 1.54) is 4.68 Å². The van der Waals surface area contributed by atoms with Crippen LogP contribution in [0.1, 0.15) is 35.7 Å². The van der Waals surface area contributed by atoms with Crippen molar-refractivity contribution in [3.8, 4) is 11.3 Å². The molecule has 0 radical (unpaired) electrons. The molecule has 0 saturated carbocycles. The van der Waals surface area contributed by atoms with Gasteiger partial charge in [-0.05, 0) is 19.4 Å². The number of carbonyl (C=O) groups is 1. The number of benzene rings is 1. The van der Waals surface area contributed by atoms with Gasteiger partial charge in [0.25, 0.3) is 5.56 Å². The van der Waals surface area contributed by atoms with Gasteiger partial charge in [-0.2, -0.15) is 5.10 Å². The Labute approximate surface area is 118 Å². The zero-order valence-electron chi connectivity index (χ0n) is 11.8. The molecule has 0 unspecified atom stereocenters. The number of hydrogen-bond acceptors (Lipinski definition) is 3. The Balaban J connectivity index is 2.50. The first-order valence-corrected chi connectivity index (χ1v) is 6.80. The first-order valence-electron chi connectivity index (χ1n) is 6.80. The van der Waals surface area contributed by atoms with Gasteiger partial charge >= 0.3 is 0 Å². The molecule has 0 aliphatic rings. The number of rotatable bonds is 5. The summed E-state index contributed by atoms with van der Waals surface area (Å²) < 4.78 is 1.39. The van der Waals surface area contributed by atoms with Crippen LogP contribution in [0.5, 0.6) is 0 Å². The lowest BCUT2D eigenvalue weighted by Crippen LogP contribution is -2.26. The maximum atomic E-state index is 12.0. The van der Waals surface area contributed by atoms with Gasteiger partial charge in [0.05, 0.1) is 11.3 Å². The van der Waals surface area contributed by atoms with Crippen LogP contribution in [-0.2, 0) is 6.54 Å². The zero-order valence-corrected chi connectivity index (χ0v) is 11.8. The van der Waals surface area contributed by atoms with E-state index in [0.29, 0.717) is 18.5 Å². The van der Waals surface area contributed by atoms with Crippen LogP contribution in [0.25, 0.3) is 11.3 Å². The van der Waals surface area contributed by atoms with Crippen LogP contribution in [0.15, 0.2) is 35.1 Å². The SMILES string of the molecule is CCCCn1nc(-c2ccc(C)cc2)cc(C=O)c1=O. The molecule has 0 atom stereocenters. The van der Waals surface area contributed by atoms with Crippen LogP contribution in [0.2, 0.25) is 0 Å². The van der Waals surface area contributed by atoms with E-state index in [1.54, 1.807) is 6.07 Å². The Kier molecular flexibility index (Phi) is 4.45. The van der Waals surface area contributed by atoms with E-state index in [-0.39, 0.29) is 11.1 Å². The third-order valence-electron chi connectivity index (χ3n) is 3.20. The van der Waals surface area contributed by atoms with Gasteiger partial charge in [-0.3, -0.25) is 9.59 Å². The quantitative estimate of drug-likeness (QED) is 0.785. The molecule has 0 spiro atoms. The molecule has 1 aromatic heterocycles. The zero-order chi connectivity index (χ0) is 14.5. The van der Waals surface area contributed by atoms with Crippen molar-refractivity contribution in [1.29, 1.82) is 0 Å². The van der Waals surface area contributed by atoms with Crippen molar-refractivity contribution in [2.75, 3.05) is 0 Å². The highest BCUT2D eigenvalue weighted by Crippen LogP contribution is 2.17. The predicted octanol–water partition coefficient (Wildman–Crippen LogP) is 2.83. The second-order valence-electron chi connectivity index (χ2n) is 4.85. The Morgan fingerprint density at radius 1 is 1.25 bits per heavy atom. The molecule has 0 saturated heterocycles. The maximum absolute atomic E-state index is 12.0. The number of aryl methyl sites for hydroxylation is 2. The molecule has 0 N–H and O–H groups in total. The van der Waals surface area contributed by atoms with Crippen molar-refractivity contribution in [2.45, 2.75) is 33.2 Å². The Morgan fingerprint density at radius 2 is 1.95 bits per heavy atom. The molecule has 4 heteroatoms. The number of nitrogens with zero attached hydrogens (tertiary/aromatic N) is 2. The highest BCUT2D eigenvalue weighted by molar-refractivity contribution is 5.76. The molecule has 0 aliphatic heterocycles. The van der Waals surface area contributed by atoms with E-state index in [2.05, 4.69) is 12.0 Å². The van der Waals surface area contributed by atoms with E-state index < -0.39 is 0 Å². The lowest BCUT2D eigenvalue weighted by atomic mass is 10.1. The van der Waals surface area contributed by atoms with Gasteiger partial charge in [0.2, 0.25) is 0 Å². The van der Waals surface area contributed by atoms with Gasteiger partial charge in [-0.25, -0.2) is 4.68 Å². The number of aldehydes is 1. The predicted molar refractivity (Wildman–Crippen MR) is 79.0 cm³/mol. The van der Waals surface area contributed by atoms with E-state index in [0.717, 1.165) is 24.0 Å². The van der Waals surface area contributed by atoms with E-state index in [9.17, 15) is 9.59 Å². The summed E-state index contributed by atoms with van der Waals surface area (Å²) in [5.41, 5.74) is 2.56. The van der Waals surface area contributed by atoms with Crippen LogP contribution in [0.4, 0.5) is 0 Å². The van der Waals surface area contributed by atoms with Crippen molar-refractivity contribution in [1.82, 2.24) is 9.78 Å². The Hall–Kier alpha value is -2.23. The van der Waals surface area contributed by atoms with Crippen LogP contribution in [0, 0.1) is 6.92 Å². The molecular formula is C16H18N2O2. The number of unbranched alkanes of at least 4 members (excludes halogenated alkanes) is 1. The average molecular weight is 270 g/mol. The van der Waals surface area contributed by atoms with Gasteiger partial charge in [-0.15, -0.1) is 0 Å². The lowest BCUT2D eigenvalue weighted by molar-refractivity contribution is 0.112. The molecule has 1 aromatic carbocycles. The minimum atomic E-state index is -0.315. The molecular weight excluding hydrogens is 252 g/mol. The third-order valence-corrected chi connectivity index (χ3v) is 3.20. The van der Waals surface area contributed by atoms with Crippen molar-refractivity contribution >= 4 is 6.29 Å². The molecule has 0 aliphatic carbocycles. The fourth-order valence-electron chi connectivity index (χ4n) is 1.97. The fraction of sp³-hybridized carbons (Fsp3) is 0.312. The van der Waals surface area contributed by atoms with E-state index in [1.807, 2.05) is 31.2 Å². The Morgan fingerprint density at radius 3 is 2.55 bits per heavy atom. The molecule has 2 rings (SSSR count). The molecule has 4 nitrogen and oxygen atoms in total. The van der Waals surface area contributed by atoms with Gasteiger partial charge in [0.1, 0.15) is 0 Å². The summed E-state index contributed by atoms with van der Waals surface area (Å²) in [4.78, 5) is 23.1. The monoisotopic (exact) mass is 270 g/mol. The molecule has 0 amide bonds. The third kappa shape index (κ3) is 3.02. The summed E-state index contributed by atoms with van der Waals surface area (Å²) in [5.74, 6) is 0. The number of aromatic nitrogens is 2. The highest BCUT2D eigenvalue weighted by Gasteiger charge is 2.09. The second-order valence-corrected chi connectivity index (χ2v) is 4.85. The Bertz CT molecular complexity index is 657. The van der Waals surface area contributed by atoms with Crippen LogP contribution in [0.3, 0.4) is 0 Å². The normalized spacial score (nSPS) is 10.5. The number of hydrogen-bond donors (Lipinski definition) is 0. The summed E-state index contributed by atoms with van der Waals surface area (Å²) in [6.45, 7) is 4.60. The van der Waals surface area contributed by atoms with Crippen molar-refractivity contribution in [3.63, 3.8) is 0 Å². The summed E-state index contributed by atoms with van der Waals surface area (Å²) in [6, 6.07) is 9.42. The van der Waals surface area contributed by atoms with Gasteiger partial charge < -0.3 is 0 Å². The molecule has 0 fully saturated rings. The maximum Gasteiger partial charge on any atom is 0.277 e. The summed E-state index contributed by atoms with van der Waals surface area (Å²) in [5, 5.41) is 4.36. The molecule has 2 aromatic rings. The van der Waals surface area contributed by atoms with Crippen molar-refractivity contribution in [2.24, 2.45) is 0 Å². The van der Waals surface area contributed by atoms with Gasteiger partial charge in [0, 0.05) is 12.1 Å². The van der Waals surface area contributed by atoms with Crippen LogP contribution in [-0.4, -0.2) is 16.1 Å². The van der Waals surface area contributed by atoms with Crippen molar-refractivity contribution in [3.05, 3.63) is 51.8 Å². The molecule has 0 bridgehead atoms. The molecule has 104 valence electrons. The first kappa shape index (κ1) is 14.2. The second kappa shape index (κ2) is 6.28. The van der Waals surface area contributed by atoms with Gasteiger partial charge in [-0.1, -0.05) is 43.2 Å².